The largest absolute Gasteiger partial charge is 0.353 e. The molecule has 1 aliphatic rings. The Morgan fingerprint density at radius 2 is 1.62 bits per heavy atom. The van der Waals surface area contributed by atoms with Crippen LogP contribution in [0.4, 0.5) is 0 Å². The van der Waals surface area contributed by atoms with Crippen molar-refractivity contribution in [2.75, 3.05) is 33.7 Å². The fourth-order valence-electron chi connectivity index (χ4n) is 3.82. The molecule has 0 spiro atoms. The normalized spacial score (nSPS) is 15.0. The first-order valence-electron chi connectivity index (χ1n) is 9.40. The van der Waals surface area contributed by atoms with Gasteiger partial charge in [-0.15, -0.1) is 0 Å². The number of nitrogens with zero attached hydrogens (tertiary/aromatic N) is 1. The van der Waals surface area contributed by atoms with Crippen molar-refractivity contribution in [3.05, 3.63) is 71.3 Å². The Balaban J connectivity index is 1.76. The first-order valence-corrected chi connectivity index (χ1v) is 9.40. The van der Waals surface area contributed by atoms with Crippen molar-refractivity contribution in [1.82, 2.24) is 15.5 Å². The summed E-state index contributed by atoms with van der Waals surface area (Å²) in [6.07, 6.45) is 2.50. The van der Waals surface area contributed by atoms with E-state index >= 15 is 0 Å². The molecular formula is C22H29N3O. The average molecular weight is 351 g/mol. The molecule has 1 aliphatic carbocycles. The van der Waals surface area contributed by atoms with Crippen LogP contribution in [0, 0.1) is 0 Å². The molecule has 4 nitrogen and oxygen atoms in total. The van der Waals surface area contributed by atoms with Gasteiger partial charge in [-0.25, -0.2) is 0 Å². The van der Waals surface area contributed by atoms with Gasteiger partial charge in [-0.1, -0.05) is 54.6 Å². The van der Waals surface area contributed by atoms with Gasteiger partial charge in [0.25, 0.3) is 0 Å². The number of fused-ring (bicyclic) bond motifs is 1. The van der Waals surface area contributed by atoms with E-state index in [9.17, 15) is 4.79 Å². The van der Waals surface area contributed by atoms with Crippen LogP contribution in [0.1, 0.15) is 16.7 Å². The molecule has 0 fully saturated rings. The maximum atomic E-state index is 13.2. The zero-order valence-electron chi connectivity index (χ0n) is 15.8. The van der Waals surface area contributed by atoms with Crippen LogP contribution in [0.15, 0.2) is 54.6 Å². The lowest BCUT2D eigenvalue weighted by Gasteiger charge is -2.37. The number of rotatable bonds is 8. The molecule has 26 heavy (non-hydrogen) atoms. The van der Waals surface area contributed by atoms with Gasteiger partial charge < -0.3 is 10.6 Å². The van der Waals surface area contributed by atoms with E-state index < -0.39 is 5.54 Å². The Hall–Kier alpha value is -2.17. The number of nitrogens with one attached hydrogen (secondary N) is 2. The average Bonchev–Trinajstić information content (AvgIpc) is 3.08. The summed E-state index contributed by atoms with van der Waals surface area (Å²) in [6, 6.07) is 18.9. The van der Waals surface area contributed by atoms with Gasteiger partial charge in [-0.3, -0.25) is 9.69 Å². The summed E-state index contributed by atoms with van der Waals surface area (Å²) >= 11 is 0. The Bertz CT molecular complexity index is 704. The summed E-state index contributed by atoms with van der Waals surface area (Å²) in [6.45, 7) is 2.29. The van der Waals surface area contributed by atoms with E-state index in [0.29, 0.717) is 6.54 Å². The third-order valence-electron chi connectivity index (χ3n) is 5.48. The summed E-state index contributed by atoms with van der Waals surface area (Å²) < 4.78 is 0. The van der Waals surface area contributed by atoms with Gasteiger partial charge in [0.2, 0.25) is 5.91 Å². The Kier molecular flexibility index (Phi) is 6.07. The standard InChI is InChI=1S/C22H29N3O/c1-23-13-14-24-21(26)22(16-19-10-6-7-11-20(19)17-22)25(2)15-12-18-8-4-3-5-9-18/h3-11,23H,12-17H2,1-2H3,(H,24,26). The molecule has 2 aromatic rings. The predicted octanol–water partition coefficient (Wildman–Crippen LogP) is 2.03. The van der Waals surface area contributed by atoms with Crippen molar-refractivity contribution in [1.29, 1.82) is 0 Å². The van der Waals surface area contributed by atoms with Gasteiger partial charge in [0, 0.05) is 32.5 Å². The molecular weight excluding hydrogens is 322 g/mol. The van der Waals surface area contributed by atoms with Crippen molar-refractivity contribution in [3.63, 3.8) is 0 Å². The molecule has 0 unspecified atom stereocenters. The zero-order chi connectivity index (χ0) is 18.4. The molecule has 2 N–H and O–H groups in total. The highest BCUT2D eigenvalue weighted by Gasteiger charge is 2.46. The van der Waals surface area contributed by atoms with E-state index in [1.165, 1.54) is 16.7 Å². The monoisotopic (exact) mass is 351 g/mol. The van der Waals surface area contributed by atoms with Crippen LogP contribution in [-0.2, 0) is 24.1 Å². The number of hydrogen-bond donors (Lipinski definition) is 2. The van der Waals surface area contributed by atoms with Gasteiger partial charge in [-0.05, 0) is 37.2 Å². The SMILES string of the molecule is CNCCNC(=O)C1(N(C)CCc2ccccc2)Cc2ccccc2C1. The fraction of sp³-hybridized carbons (Fsp3) is 0.409. The Morgan fingerprint density at radius 1 is 1.00 bits per heavy atom. The molecule has 4 heteroatoms. The summed E-state index contributed by atoms with van der Waals surface area (Å²) in [5, 5.41) is 6.23. The van der Waals surface area contributed by atoms with Crippen LogP contribution >= 0.6 is 0 Å². The minimum absolute atomic E-state index is 0.138. The molecule has 3 rings (SSSR count). The summed E-state index contributed by atoms with van der Waals surface area (Å²) in [4.78, 5) is 15.4. The third kappa shape index (κ3) is 3.97. The lowest BCUT2D eigenvalue weighted by atomic mass is 9.91. The van der Waals surface area contributed by atoms with Crippen LogP contribution in [-0.4, -0.2) is 50.1 Å². The van der Waals surface area contributed by atoms with Crippen LogP contribution in [0.5, 0.6) is 0 Å². The maximum absolute atomic E-state index is 13.2. The van der Waals surface area contributed by atoms with E-state index in [0.717, 1.165) is 32.4 Å². The molecule has 0 bridgehead atoms. The number of carbonyl (C=O) groups excluding carboxylic acids is 1. The van der Waals surface area contributed by atoms with Crippen LogP contribution in [0.25, 0.3) is 0 Å². The topological polar surface area (TPSA) is 44.4 Å². The van der Waals surface area contributed by atoms with Crippen molar-refractivity contribution < 1.29 is 4.79 Å². The van der Waals surface area contributed by atoms with Crippen LogP contribution < -0.4 is 10.6 Å². The molecule has 0 saturated carbocycles. The van der Waals surface area contributed by atoms with Crippen LogP contribution in [0.2, 0.25) is 0 Å². The number of benzene rings is 2. The second kappa shape index (κ2) is 8.47. The smallest absolute Gasteiger partial charge is 0.241 e. The van der Waals surface area contributed by atoms with Crippen molar-refractivity contribution >= 4 is 5.91 Å². The van der Waals surface area contributed by atoms with Gasteiger partial charge in [0.1, 0.15) is 5.54 Å². The Labute approximate surface area is 156 Å². The quantitative estimate of drug-likeness (QED) is 0.716. The van der Waals surface area contributed by atoms with Gasteiger partial charge in [0.15, 0.2) is 0 Å². The molecule has 0 aliphatic heterocycles. The molecule has 1 amide bonds. The summed E-state index contributed by atoms with van der Waals surface area (Å²) in [7, 11) is 3.99. The molecule has 0 atom stereocenters. The van der Waals surface area contributed by atoms with E-state index in [2.05, 4.69) is 71.1 Å². The molecule has 2 aromatic carbocycles. The summed E-state index contributed by atoms with van der Waals surface area (Å²) in [5.74, 6) is 0.138. The number of hydrogen-bond acceptors (Lipinski definition) is 3. The Morgan fingerprint density at radius 3 is 2.23 bits per heavy atom. The highest BCUT2D eigenvalue weighted by atomic mass is 16.2. The van der Waals surface area contributed by atoms with Crippen molar-refractivity contribution in [3.8, 4) is 0 Å². The van der Waals surface area contributed by atoms with E-state index in [1.54, 1.807) is 0 Å². The van der Waals surface area contributed by atoms with Gasteiger partial charge >= 0.3 is 0 Å². The second-order valence-electron chi connectivity index (χ2n) is 7.17. The van der Waals surface area contributed by atoms with Crippen LogP contribution in [0.3, 0.4) is 0 Å². The lowest BCUT2D eigenvalue weighted by molar-refractivity contribution is -0.132. The number of amides is 1. The van der Waals surface area contributed by atoms with E-state index in [-0.39, 0.29) is 5.91 Å². The molecule has 0 heterocycles. The van der Waals surface area contributed by atoms with Crippen molar-refractivity contribution in [2.45, 2.75) is 24.8 Å². The maximum Gasteiger partial charge on any atom is 0.241 e. The first-order chi connectivity index (χ1) is 12.7. The molecule has 0 saturated heterocycles. The first kappa shape index (κ1) is 18.6. The van der Waals surface area contributed by atoms with Crippen molar-refractivity contribution in [2.24, 2.45) is 0 Å². The van der Waals surface area contributed by atoms with E-state index in [1.807, 2.05) is 13.1 Å². The molecule has 0 aromatic heterocycles. The third-order valence-corrected chi connectivity index (χ3v) is 5.48. The zero-order valence-corrected chi connectivity index (χ0v) is 15.8. The fourth-order valence-corrected chi connectivity index (χ4v) is 3.82. The lowest BCUT2D eigenvalue weighted by Crippen LogP contribution is -2.59. The van der Waals surface area contributed by atoms with E-state index in [4.69, 9.17) is 0 Å². The van der Waals surface area contributed by atoms with Gasteiger partial charge in [0.05, 0.1) is 0 Å². The highest BCUT2D eigenvalue weighted by Crippen LogP contribution is 2.34. The number of likely N-dealkylation sites (N-methyl/N-ethyl adjacent to an activating group) is 2. The van der Waals surface area contributed by atoms with Gasteiger partial charge in [-0.2, -0.15) is 0 Å². The molecule has 138 valence electrons. The summed E-state index contributed by atoms with van der Waals surface area (Å²) in [5.41, 5.74) is 3.40. The minimum atomic E-state index is -0.494. The predicted molar refractivity (Wildman–Crippen MR) is 106 cm³/mol. The number of carbonyl (C=O) groups is 1. The second-order valence-corrected chi connectivity index (χ2v) is 7.17. The highest BCUT2D eigenvalue weighted by molar-refractivity contribution is 5.88. The molecule has 0 radical (unpaired) electrons. The minimum Gasteiger partial charge on any atom is -0.353 e.